The Hall–Kier alpha value is -1.43. The Labute approximate surface area is 136 Å². The van der Waals surface area contributed by atoms with Gasteiger partial charge in [0, 0.05) is 37.5 Å². The van der Waals surface area contributed by atoms with Crippen molar-refractivity contribution in [2.75, 3.05) is 26.2 Å². The van der Waals surface area contributed by atoms with E-state index in [1.807, 2.05) is 23.6 Å². The first-order valence-electron chi connectivity index (χ1n) is 7.99. The summed E-state index contributed by atoms with van der Waals surface area (Å²) >= 11 is 1.60. The summed E-state index contributed by atoms with van der Waals surface area (Å²) in [6, 6.07) is 0. The molecule has 1 saturated heterocycles. The van der Waals surface area contributed by atoms with Gasteiger partial charge in [0.1, 0.15) is 0 Å². The van der Waals surface area contributed by atoms with Crippen molar-refractivity contribution in [2.24, 2.45) is 0 Å². The summed E-state index contributed by atoms with van der Waals surface area (Å²) in [6.07, 6.45) is 3.05. The molecule has 1 aromatic rings. The van der Waals surface area contributed by atoms with E-state index in [2.05, 4.69) is 11.9 Å². The van der Waals surface area contributed by atoms with Crippen LogP contribution in [-0.2, 0) is 16.0 Å². The zero-order chi connectivity index (χ0) is 16.1. The van der Waals surface area contributed by atoms with Crippen LogP contribution in [0.15, 0.2) is 0 Å². The molecular formula is C16H25N3O2S. The largest absolute Gasteiger partial charge is 0.339 e. The molecule has 0 unspecified atom stereocenters. The van der Waals surface area contributed by atoms with Gasteiger partial charge in [0.15, 0.2) is 0 Å². The molecule has 0 saturated carbocycles. The molecule has 22 heavy (non-hydrogen) atoms. The van der Waals surface area contributed by atoms with Crippen LogP contribution in [0.25, 0.3) is 0 Å². The van der Waals surface area contributed by atoms with E-state index in [9.17, 15) is 9.59 Å². The smallest absolute Gasteiger partial charge is 0.228 e. The molecule has 5 nitrogen and oxygen atoms in total. The molecule has 2 rings (SSSR count). The first-order valence-corrected chi connectivity index (χ1v) is 8.81. The first-order chi connectivity index (χ1) is 10.5. The molecule has 0 aliphatic carbocycles. The minimum absolute atomic E-state index is 0.146. The van der Waals surface area contributed by atoms with Crippen molar-refractivity contribution in [3.63, 3.8) is 0 Å². The van der Waals surface area contributed by atoms with Gasteiger partial charge < -0.3 is 9.80 Å². The van der Waals surface area contributed by atoms with E-state index in [0.29, 0.717) is 39.0 Å². The number of piperazine rings is 1. The Balaban J connectivity index is 1.82. The second-order valence-corrected chi connectivity index (χ2v) is 7.07. The lowest BCUT2D eigenvalue weighted by atomic mass is 10.2. The van der Waals surface area contributed by atoms with E-state index in [0.717, 1.165) is 28.4 Å². The summed E-state index contributed by atoms with van der Waals surface area (Å²) < 4.78 is 0. The van der Waals surface area contributed by atoms with Crippen molar-refractivity contribution in [3.8, 4) is 0 Å². The molecule has 122 valence electrons. The maximum absolute atomic E-state index is 12.4. The number of unbranched alkanes of at least 4 members (excludes halogenated alkanes) is 1. The van der Waals surface area contributed by atoms with E-state index in [1.165, 1.54) is 0 Å². The van der Waals surface area contributed by atoms with Crippen LogP contribution in [0.3, 0.4) is 0 Å². The third-order valence-corrected chi connectivity index (χ3v) is 5.11. The van der Waals surface area contributed by atoms with E-state index in [4.69, 9.17) is 0 Å². The molecule has 0 spiro atoms. The highest BCUT2D eigenvalue weighted by Crippen LogP contribution is 2.19. The van der Waals surface area contributed by atoms with Gasteiger partial charge in [-0.1, -0.05) is 13.3 Å². The average Bonchev–Trinajstić information content (AvgIpc) is 2.82. The van der Waals surface area contributed by atoms with E-state index in [1.54, 1.807) is 11.3 Å². The third kappa shape index (κ3) is 4.29. The lowest BCUT2D eigenvalue weighted by Crippen LogP contribution is -2.50. The molecule has 0 atom stereocenters. The Morgan fingerprint density at radius 3 is 2.18 bits per heavy atom. The minimum Gasteiger partial charge on any atom is -0.339 e. The number of aryl methyl sites for hydroxylation is 2. The van der Waals surface area contributed by atoms with Gasteiger partial charge in [0.05, 0.1) is 17.1 Å². The van der Waals surface area contributed by atoms with Crippen molar-refractivity contribution in [1.29, 1.82) is 0 Å². The number of hydrogen-bond donors (Lipinski definition) is 0. The normalized spacial score (nSPS) is 15.2. The lowest BCUT2D eigenvalue weighted by Gasteiger charge is -2.35. The second kappa shape index (κ2) is 7.72. The van der Waals surface area contributed by atoms with Gasteiger partial charge in [-0.05, 0) is 20.3 Å². The van der Waals surface area contributed by atoms with Crippen molar-refractivity contribution in [1.82, 2.24) is 14.8 Å². The fourth-order valence-corrected chi connectivity index (χ4v) is 3.61. The van der Waals surface area contributed by atoms with Gasteiger partial charge in [0.2, 0.25) is 11.8 Å². The number of carbonyl (C=O) groups excluding carboxylic acids is 2. The van der Waals surface area contributed by atoms with Crippen LogP contribution in [0.2, 0.25) is 0 Å². The van der Waals surface area contributed by atoms with Gasteiger partial charge in [-0.3, -0.25) is 9.59 Å². The summed E-state index contributed by atoms with van der Waals surface area (Å²) in [6.45, 7) is 8.63. The van der Waals surface area contributed by atoms with Crippen molar-refractivity contribution in [3.05, 3.63) is 15.6 Å². The Kier molecular flexibility index (Phi) is 5.94. The van der Waals surface area contributed by atoms with Crippen molar-refractivity contribution < 1.29 is 9.59 Å². The SMILES string of the molecule is CCCCC(=O)N1CCN(C(=O)Cc2sc(C)nc2C)CC1. The van der Waals surface area contributed by atoms with Crippen LogP contribution in [0.1, 0.15) is 41.8 Å². The molecule has 1 fully saturated rings. The van der Waals surface area contributed by atoms with Gasteiger partial charge in [0.25, 0.3) is 0 Å². The fourth-order valence-electron chi connectivity index (χ4n) is 2.68. The Morgan fingerprint density at radius 1 is 1.09 bits per heavy atom. The number of amides is 2. The molecule has 1 aliphatic heterocycles. The van der Waals surface area contributed by atoms with Crippen LogP contribution < -0.4 is 0 Å². The maximum atomic E-state index is 12.4. The zero-order valence-corrected chi connectivity index (χ0v) is 14.5. The first kappa shape index (κ1) is 16.9. The van der Waals surface area contributed by atoms with E-state index in [-0.39, 0.29) is 11.8 Å². The van der Waals surface area contributed by atoms with Crippen LogP contribution in [0.4, 0.5) is 0 Å². The van der Waals surface area contributed by atoms with Crippen molar-refractivity contribution >= 4 is 23.2 Å². The maximum Gasteiger partial charge on any atom is 0.228 e. The number of aromatic nitrogens is 1. The highest BCUT2D eigenvalue weighted by atomic mass is 32.1. The molecule has 2 heterocycles. The predicted octanol–water partition coefficient (Wildman–Crippen LogP) is 2.16. The molecular weight excluding hydrogens is 298 g/mol. The standard InChI is InChI=1S/C16H25N3O2S/c1-4-5-6-15(20)18-7-9-19(10-8-18)16(21)11-14-12(2)17-13(3)22-14/h4-11H2,1-3H3. The van der Waals surface area contributed by atoms with Crippen LogP contribution >= 0.6 is 11.3 Å². The molecule has 1 aromatic heterocycles. The summed E-state index contributed by atoms with van der Waals surface area (Å²) in [5, 5.41) is 1.01. The van der Waals surface area contributed by atoms with Crippen LogP contribution in [-0.4, -0.2) is 52.8 Å². The molecule has 2 amide bonds. The van der Waals surface area contributed by atoms with Gasteiger partial charge in [-0.2, -0.15) is 0 Å². The van der Waals surface area contributed by atoms with Gasteiger partial charge in [-0.25, -0.2) is 4.98 Å². The van der Waals surface area contributed by atoms with Gasteiger partial charge in [-0.15, -0.1) is 11.3 Å². The fraction of sp³-hybridized carbons (Fsp3) is 0.688. The Morgan fingerprint density at radius 2 is 1.68 bits per heavy atom. The number of rotatable bonds is 5. The second-order valence-electron chi connectivity index (χ2n) is 5.78. The average molecular weight is 323 g/mol. The number of hydrogen-bond acceptors (Lipinski definition) is 4. The van der Waals surface area contributed by atoms with E-state index < -0.39 is 0 Å². The summed E-state index contributed by atoms with van der Waals surface area (Å²) in [5.41, 5.74) is 0.962. The molecule has 1 aliphatic rings. The summed E-state index contributed by atoms with van der Waals surface area (Å²) in [5.74, 6) is 0.371. The molecule has 0 aromatic carbocycles. The molecule has 0 radical (unpaired) electrons. The summed E-state index contributed by atoms with van der Waals surface area (Å²) in [4.78, 5) is 33.6. The molecule has 0 N–H and O–H groups in total. The number of carbonyl (C=O) groups is 2. The number of nitrogens with zero attached hydrogens (tertiary/aromatic N) is 3. The Bertz CT molecular complexity index is 533. The third-order valence-electron chi connectivity index (χ3n) is 4.04. The summed E-state index contributed by atoms with van der Waals surface area (Å²) in [7, 11) is 0. The molecule has 6 heteroatoms. The highest BCUT2D eigenvalue weighted by molar-refractivity contribution is 7.11. The minimum atomic E-state index is 0.146. The van der Waals surface area contributed by atoms with Crippen molar-refractivity contribution in [2.45, 2.75) is 46.5 Å². The van der Waals surface area contributed by atoms with Crippen LogP contribution in [0.5, 0.6) is 0 Å². The van der Waals surface area contributed by atoms with E-state index >= 15 is 0 Å². The lowest BCUT2D eigenvalue weighted by molar-refractivity contribution is -0.139. The zero-order valence-electron chi connectivity index (χ0n) is 13.7. The monoisotopic (exact) mass is 323 g/mol. The molecule has 0 bridgehead atoms. The van der Waals surface area contributed by atoms with Gasteiger partial charge >= 0.3 is 0 Å². The predicted molar refractivity (Wildman–Crippen MR) is 88.0 cm³/mol. The topological polar surface area (TPSA) is 53.5 Å². The van der Waals surface area contributed by atoms with Crippen LogP contribution in [0, 0.1) is 13.8 Å². The highest BCUT2D eigenvalue weighted by Gasteiger charge is 2.24. The quantitative estimate of drug-likeness (QED) is 0.834. The number of thiazole rings is 1.